The molecule has 0 aliphatic rings. The van der Waals surface area contributed by atoms with E-state index in [1.807, 2.05) is 0 Å². The van der Waals surface area contributed by atoms with Gasteiger partial charge in [0.25, 0.3) is 5.91 Å². The Morgan fingerprint density at radius 1 is 1.44 bits per heavy atom. The highest BCUT2D eigenvalue weighted by Gasteiger charge is 2.19. The van der Waals surface area contributed by atoms with E-state index in [1.54, 1.807) is 6.92 Å². The van der Waals surface area contributed by atoms with E-state index in [1.165, 1.54) is 14.0 Å². The van der Waals surface area contributed by atoms with Crippen LogP contribution in [-0.2, 0) is 19.1 Å². The molecule has 1 unspecified atom stereocenters. The maximum absolute atomic E-state index is 11.7. The van der Waals surface area contributed by atoms with Crippen LogP contribution in [0.25, 0.3) is 0 Å². The van der Waals surface area contributed by atoms with Crippen LogP contribution >= 0.6 is 0 Å². The van der Waals surface area contributed by atoms with Crippen LogP contribution in [0.2, 0.25) is 0 Å². The lowest BCUT2D eigenvalue weighted by Gasteiger charge is -2.18. The van der Waals surface area contributed by atoms with Gasteiger partial charge in [-0.15, -0.1) is 0 Å². The van der Waals surface area contributed by atoms with Gasteiger partial charge in [-0.25, -0.2) is 0 Å². The molecule has 0 aromatic carbocycles. The zero-order chi connectivity index (χ0) is 14.3. The Balaban J connectivity index is 4.33. The molecule has 1 atom stereocenters. The predicted octanol–water partition coefficient (Wildman–Crippen LogP) is -1.01. The summed E-state index contributed by atoms with van der Waals surface area (Å²) in [6, 6.07) is -0.745. The molecular weight excluding hydrogens is 238 g/mol. The first-order valence-corrected chi connectivity index (χ1v) is 5.46. The van der Waals surface area contributed by atoms with E-state index in [2.05, 4.69) is 11.9 Å². The number of ether oxygens (including phenoxy) is 1. The van der Waals surface area contributed by atoms with Crippen LogP contribution in [0.4, 0.5) is 0 Å². The molecule has 0 spiro atoms. The van der Waals surface area contributed by atoms with Crippen LogP contribution in [0.3, 0.4) is 0 Å². The second-order valence-electron chi connectivity index (χ2n) is 3.72. The Morgan fingerprint density at radius 3 is 2.44 bits per heavy atom. The number of hydrogen-bond donors (Lipinski definition) is 2. The maximum atomic E-state index is 11.7. The molecule has 0 aliphatic heterocycles. The molecule has 0 fully saturated rings. The molecule has 18 heavy (non-hydrogen) atoms. The van der Waals surface area contributed by atoms with Gasteiger partial charge >= 0.3 is 5.97 Å². The van der Waals surface area contributed by atoms with Gasteiger partial charge in [0.1, 0.15) is 6.54 Å². The molecule has 0 aliphatic carbocycles. The van der Waals surface area contributed by atoms with Gasteiger partial charge in [-0.3, -0.25) is 14.4 Å². The van der Waals surface area contributed by atoms with Crippen molar-refractivity contribution >= 4 is 17.8 Å². The monoisotopic (exact) mass is 257 g/mol. The first-order valence-electron chi connectivity index (χ1n) is 5.46. The number of nitrogens with two attached hydrogens (primary N) is 1. The van der Waals surface area contributed by atoms with Crippen molar-refractivity contribution in [3.63, 3.8) is 0 Å². The van der Waals surface area contributed by atoms with Gasteiger partial charge in [0.2, 0.25) is 5.91 Å². The van der Waals surface area contributed by atoms with Crippen LogP contribution in [0.5, 0.6) is 0 Å². The van der Waals surface area contributed by atoms with Crippen molar-refractivity contribution in [3.8, 4) is 0 Å². The van der Waals surface area contributed by atoms with Crippen molar-refractivity contribution < 1.29 is 19.1 Å². The van der Waals surface area contributed by atoms with Gasteiger partial charge in [-0.2, -0.15) is 0 Å². The Morgan fingerprint density at radius 2 is 2.00 bits per heavy atom. The fourth-order valence-electron chi connectivity index (χ4n) is 1.02. The Kier molecular flexibility index (Phi) is 6.66. The molecule has 0 aromatic heterocycles. The summed E-state index contributed by atoms with van der Waals surface area (Å²) in [7, 11) is 1.41. The summed E-state index contributed by atoms with van der Waals surface area (Å²) in [4.78, 5) is 35.2. The van der Waals surface area contributed by atoms with Gasteiger partial charge in [0.15, 0.2) is 0 Å². The van der Waals surface area contributed by atoms with Crippen molar-refractivity contribution in [2.24, 2.45) is 5.73 Å². The van der Waals surface area contributed by atoms with Gasteiger partial charge in [0, 0.05) is 7.05 Å². The smallest absolute Gasteiger partial charge is 0.325 e. The first-order chi connectivity index (χ1) is 8.29. The molecule has 7 nitrogen and oxygen atoms in total. The molecule has 0 saturated heterocycles. The van der Waals surface area contributed by atoms with E-state index >= 15 is 0 Å². The number of rotatable bonds is 6. The summed E-state index contributed by atoms with van der Waals surface area (Å²) in [6.07, 6.45) is 0. The summed E-state index contributed by atoms with van der Waals surface area (Å²) in [5, 5.41) is 2.26. The standard InChI is InChI=1S/C11H19N3O4/c1-5-18-9(15)6-14(4)11(17)8(3)13-10(16)7(2)12/h7H,3,5-6,12H2,1-2,4H3,(H,13,16). The number of esters is 1. The van der Waals surface area contributed by atoms with Crippen molar-refractivity contribution in [1.82, 2.24) is 10.2 Å². The quantitative estimate of drug-likeness (QED) is 0.468. The van der Waals surface area contributed by atoms with E-state index in [-0.39, 0.29) is 18.8 Å². The lowest BCUT2D eigenvalue weighted by Crippen LogP contribution is -2.43. The summed E-state index contributed by atoms with van der Waals surface area (Å²) in [6.45, 7) is 6.60. The second-order valence-corrected chi connectivity index (χ2v) is 3.72. The number of amides is 2. The minimum Gasteiger partial charge on any atom is -0.465 e. The highest BCUT2D eigenvalue weighted by molar-refractivity contribution is 5.98. The van der Waals surface area contributed by atoms with E-state index < -0.39 is 23.8 Å². The van der Waals surface area contributed by atoms with E-state index in [0.717, 1.165) is 4.90 Å². The van der Waals surface area contributed by atoms with Crippen molar-refractivity contribution in [1.29, 1.82) is 0 Å². The topological polar surface area (TPSA) is 102 Å². The average molecular weight is 257 g/mol. The third-order valence-corrected chi connectivity index (χ3v) is 1.96. The summed E-state index contributed by atoms with van der Waals surface area (Å²) < 4.78 is 4.69. The summed E-state index contributed by atoms with van der Waals surface area (Å²) in [5.41, 5.74) is 5.19. The fraction of sp³-hybridized carbons (Fsp3) is 0.545. The van der Waals surface area contributed by atoms with Gasteiger partial charge in [0.05, 0.1) is 18.3 Å². The van der Waals surface area contributed by atoms with Crippen LogP contribution in [0.1, 0.15) is 13.8 Å². The highest BCUT2D eigenvalue weighted by atomic mass is 16.5. The molecule has 0 saturated carbocycles. The number of carbonyl (C=O) groups is 3. The maximum Gasteiger partial charge on any atom is 0.325 e. The average Bonchev–Trinajstić information content (AvgIpc) is 2.27. The van der Waals surface area contributed by atoms with Gasteiger partial charge < -0.3 is 20.7 Å². The van der Waals surface area contributed by atoms with Crippen LogP contribution in [0.15, 0.2) is 12.3 Å². The van der Waals surface area contributed by atoms with E-state index in [4.69, 9.17) is 10.5 Å². The largest absolute Gasteiger partial charge is 0.465 e. The van der Waals surface area contributed by atoms with Crippen LogP contribution in [0, 0.1) is 0 Å². The van der Waals surface area contributed by atoms with Crippen LogP contribution in [-0.4, -0.2) is 48.9 Å². The normalized spacial score (nSPS) is 11.3. The highest BCUT2D eigenvalue weighted by Crippen LogP contribution is 1.95. The van der Waals surface area contributed by atoms with Crippen molar-refractivity contribution in [2.45, 2.75) is 19.9 Å². The molecule has 102 valence electrons. The fourth-order valence-corrected chi connectivity index (χ4v) is 1.02. The number of hydrogen-bond acceptors (Lipinski definition) is 5. The minimum absolute atomic E-state index is 0.135. The van der Waals surface area contributed by atoms with Gasteiger partial charge in [-0.05, 0) is 13.8 Å². The van der Waals surface area contributed by atoms with Crippen molar-refractivity contribution in [2.75, 3.05) is 20.2 Å². The number of carbonyl (C=O) groups excluding carboxylic acids is 3. The second kappa shape index (κ2) is 7.44. The number of nitrogens with one attached hydrogen (secondary N) is 1. The van der Waals surface area contributed by atoms with Gasteiger partial charge in [-0.1, -0.05) is 6.58 Å². The Labute approximate surface area is 106 Å². The molecule has 0 aromatic rings. The zero-order valence-corrected chi connectivity index (χ0v) is 10.9. The Bertz CT molecular complexity index is 352. The molecule has 2 amide bonds. The first kappa shape index (κ1) is 16.1. The summed E-state index contributed by atoms with van der Waals surface area (Å²) >= 11 is 0. The molecule has 7 heteroatoms. The lowest BCUT2D eigenvalue weighted by atomic mass is 10.3. The molecule has 3 N–H and O–H groups in total. The molecule has 0 heterocycles. The third kappa shape index (κ3) is 5.44. The third-order valence-electron chi connectivity index (χ3n) is 1.96. The number of likely N-dealkylation sites (N-methyl/N-ethyl adjacent to an activating group) is 1. The minimum atomic E-state index is -0.745. The SMILES string of the molecule is C=C(NC(=O)C(C)N)C(=O)N(C)CC(=O)OCC. The van der Waals surface area contributed by atoms with Crippen LogP contribution < -0.4 is 11.1 Å². The number of nitrogens with zero attached hydrogens (tertiary/aromatic N) is 1. The zero-order valence-electron chi connectivity index (χ0n) is 10.9. The Hall–Kier alpha value is -1.89. The van der Waals surface area contributed by atoms with E-state index in [9.17, 15) is 14.4 Å². The lowest BCUT2D eigenvalue weighted by molar-refractivity contribution is -0.147. The summed E-state index contributed by atoms with van der Waals surface area (Å²) in [5.74, 6) is -1.62. The predicted molar refractivity (Wildman–Crippen MR) is 65.2 cm³/mol. The molecule has 0 bridgehead atoms. The molecular formula is C11H19N3O4. The van der Waals surface area contributed by atoms with Crippen molar-refractivity contribution in [3.05, 3.63) is 12.3 Å². The van der Waals surface area contributed by atoms with E-state index in [0.29, 0.717) is 0 Å². The molecule has 0 radical (unpaired) electrons. The molecule has 0 rings (SSSR count).